The van der Waals surface area contributed by atoms with Crippen LogP contribution in [0.3, 0.4) is 0 Å². The van der Waals surface area contributed by atoms with Crippen molar-refractivity contribution in [1.82, 2.24) is 10.6 Å². The molecule has 5 nitrogen and oxygen atoms in total. The van der Waals surface area contributed by atoms with E-state index in [4.69, 9.17) is 16.3 Å². The largest absolute Gasteiger partial charge is 0.444 e. The minimum atomic E-state index is -0.549. The monoisotopic (exact) mass is 340 g/mol. The number of nitrogens with one attached hydrogen (secondary N) is 2. The molecule has 0 aliphatic carbocycles. The van der Waals surface area contributed by atoms with Crippen molar-refractivity contribution in [3.8, 4) is 0 Å². The Balaban J connectivity index is 2.42. The summed E-state index contributed by atoms with van der Waals surface area (Å²) in [5.74, 6) is -0.132. The smallest absolute Gasteiger partial charge is 0.407 e. The molecule has 1 aromatic carbocycles. The zero-order valence-corrected chi connectivity index (χ0v) is 14.9. The molecule has 23 heavy (non-hydrogen) atoms. The van der Waals surface area contributed by atoms with Gasteiger partial charge in [-0.1, -0.05) is 30.7 Å². The van der Waals surface area contributed by atoms with E-state index in [1.165, 1.54) is 0 Å². The summed E-state index contributed by atoms with van der Waals surface area (Å²) in [5.41, 5.74) is 0.417. The second-order valence-electron chi connectivity index (χ2n) is 6.26. The lowest BCUT2D eigenvalue weighted by molar-refractivity contribution is -0.121. The molecule has 0 saturated carbocycles. The van der Waals surface area contributed by atoms with Crippen LogP contribution in [0.25, 0.3) is 0 Å². The molecule has 0 spiro atoms. The van der Waals surface area contributed by atoms with Gasteiger partial charge >= 0.3 is 6.09 Å². The van der Waals surface area contributed by atoms with Crippen LogP contribution in [0.15, 0.2) is 24.3 Å². The lowest BCUT2D eigenvalue weighted by Crippen LogP contribution is -2.35. The number of hydrogen-bond acceptors (Lipinski definition) is 3. The molecule has 0 aliphatic rings. The zero-order valence-electron chi connectivity index (χ0n) is 14.1. The molecule has 0 heterocycles. The van der Waals surface area contributed by atoms with Gasteiger partial charge in [0.1, 0.15) is 5.60 Å². The van der Waals surface area contributed by atoms with Gasteiger partial charge in [-0.15, -0.1) is 0 Å². The van der Waals surface area contributed by atoms with E-state index in [-0.39, 0.29) is 24.9 Å². The van der Waals surface area contributed by atoms with Gasteiger partial charge < -0.3 is 15.4 Å². The van der Waals surface area contributed by atoms with E-state index in [0.717, 1.165) is 12.0 Å². The molecule has 6 heteroatoms. The van der Waals surface area contributed by atoms with Gasteiger partial charge in [-0.25, -0.2) is 4.79 Å². The highest BCUT2D eigenvalue weighted by atomic mass is 35.5. The van der Waals surface area contributed by atoms with Crippen LogP contribution in [0, 0.1) is 0 Å². The fraction of sp³-hybridized carbons (Fsp3) is 0.529. The Kier molecular flexibility index (Phi) is 7.36. The first-order valence-corrected chi connectivity index (χ1v) is 8.10. The normalized spacial score (nSPS) is 12.4. The molecule has 1 atom stereocenters. The first-order chi connectivity index (χ1) is 10.7. The number of alkyl carbamates (subject to hydrolysis) is 1. The molecule has 1 aromatic rings. The number of carbonyl (C=O) groups is 2. The van der Waals surface area contributed by atoms with Crippen molar-refractivity contribution in [3.63, 3.8) is 0 Å². The quantitative estimate of drug-likeness (QED) is 0.827. The molecule has 2 N–H and O–H groups in total. The SMILES string of the molecule is CCC(NC(=O)CCNC(=O)OC(C)(C)C)c1cccc(Cl)c1. The minimum absolute atomic E-state index is 0.0947. The Morgan fingerprint density at radius 3 is 2.57 bits per heavy atom. The lowest BCUT2D eigenvalue weighted by Gasteiger charge is -2.20. The van der Waals surface area contributed by atoms with Crippen LogP contribution < -0.4 is 10.6 Å². The van der Waals surface area contributed by atoms with E-state index in [2.05, 4.69) is 10.6 Å². The molecule has 1 rings (SSSR count). The van der Waals surface area contributed by atoms with Gasteiger partial charge in [-0.05, 0) is 44.9 Å². The van der Waals surface area contributed by atoms with Crippen LogP contribution in [0.4, 0.5) is 4.79 Å². The van der Waals surface area contributed by atoms with Gasteiger partial charge in [0, 0.05) is 18.0 Å². The highest BCUT2D eigenvalue weighted by Gasteiger charge is 2.17. The maximum absolute atomic E-state index is 12.0. The molecule has 128 valence electrons. The van der Waals surface area contributed by atoms with Gasteiger partial charge in [-0.3, -0.25) is 4.79 Å². The van der Waals surface area contributed by atoms with Crippen molar-refractivity contribution in [1.29, 1.82) is 0 Å². The number of ether oxygens (including phenoxy) is 1. The van der Waals surface area contributed by atoms with E-state index >= 15 is 0 Å². The van der Waals surface area contributed by atoms with Crippen LogP contribution in [0.5, 0.6) is 0 Å². The number of carbonyl (C=O) groups excluding carboxylic acids is 2. The second-order valence-corrected chi connectivity index (χ2v) is 6.70. The number of hydrogen-bond donors (Lipinski definition) is 2. The molecule has 0 fully saturated rings. The van der Waals surface area contributed by atoms with Gasteiger partial charge in [0.05, 0.1) is 6.04 Å². The Bertz CT molecular complexity index is 541. The molecule has 1 unspecified atom stereocenters. The van der Waals surface area contributed by atoms with Crippen LogP contribution in [-0.4, -0.2) is 24.1 Å². The third-order valence-corrected chi connectivity index (χ3v) is 3.25. The van der Waals surface area contributed by atoms with E-state index in [0.29, 0.717) is 5.02 Å². The maximum Gasteiger partial charge on any atom is 0.407 e. The molecular formula is C17H25ClN2O3. The first-order valence-electron chi connectivity index (χ1n) is 7.73. The summed E-state index contributed by atoms with van der Waals surface area (Å²) < 4.78 is 5.11. The number of halogens is 1. The average molecular weight is 341 g/mol. The van der Waals surface area contributed by atoms with Gasteiger partial charge in [0.15, 0.2) is 0 Å². The summed E-state index contributed by atoms with van der Waals surface area (Å²) in [7, 11) is 0. The van der Waals surface area contributed by atoms with Crippen molar-refractivity contribution in [2.75, 3.05) is 6.54 Å². The number of rotatable bonds is 6. The van der Waals surface area contributed by atoms with Gasteiger partial charge in [-0.2, -0.15) is 0 Å². The van der Waals surface area contributed by atoms with Crippen LogP contribution in [0.1, 0.15) is 52.1 Å². The summed E-state index contributed by atoms with van der Waals surface area (Å²) in [6, 6.07) is 7.33. The van der Waals surface area contributed by atoms with Crippen molar-refractivity contribution >= 4 is 23.6 Å². The van der Waals surface area contributed by atoms with Crippen molar-refractivity contribution in [2.45, 2.75) is 52.2 Å². The molecule has 0 aliphatic heterocycles. The lowest BCUT2D eigenvalue weighted by atomic mass is 10.0. The van der Waals surface area contributed by atoms with Crippen LogP contribution in [-0.2, 0) is 9.53 Å². The summed E-state index contributed by atoms with van der Waals surface area (Å²) in [4.78, 5) is 23.5. The van der Waals surface area contributed by atoms with E-state index in [9.17, 15) is 9.59 Å². The minimum Gasteiger partial charge on any atom is -0.444 e. The van der Waals surface area contributed by atoms with Crippen LogP contribution >= 0.6 is 11.6 Å². The molecule has 0 bridgehead atoms. The van der Waals surface area contributed by atoms with E-state index < -0.39 is 11.7 Å². The number of amides is 2. The predicted octanol–water partition coefficient (Wildman–Crippen LogP) is 3.82. The van der Waals surface area contributed by atoms with E-state index in [1.807, 2.05) is 25.1 Å². The second kappa shape index (κ2) is 8.77. The van der Waals surface area contributed by atoms with Gasteiger partial charge in [0.2, 0.25) is 5.91 Å². The zero-order chi connectivity index (χ0) is 17.5. The fourth-order valence-corrected chi connectivity index (χ4v) is 2.20. The Morgan fingerprint density at radius 1 is 1.30 bits per heavy atom. The third-order valence-electron chi connectivity index (χ3n) is 3.01. The Hall–Kier alpha value is -1.75. The van der Waals surface area contributed by atoms with Crippen molar-refractivity contribution in [3.05, 3.63) is 34.9 Å². The average Bonchev–Trinajstić information content (AvgIpc) is 2.42. The summed E-state index contributed by atoms with van der Waals surface area (Å²) in [6.45, 7) is 7.58. The topological polar surface area (TPSA) is 67.4 Å². The summed E-state index contributed by atoms with van der Waals surface area (Å²) in [6.07, 6.45) is 0.425. The maximum atomic E-state index is 12.0. The fourth-order valence-electron chi connectivity index (χ4n) is 2.00. The first kappa shape index (κ1) is 19.3. The summed E-state index contributed by atoms with van der Waals surface area (Å²) >= 11 is 5.98. The van der Waals surface area contributed by atoms with Gasteiger partial charge in [0.25, 0.3) is 0 Å². The third kappa shape index (κ3) is 7.88. The standard InChI is InChI=1S/C17H25ClN2O3/c1-5-14(12-7-6-8-13(18)11-12)20-15(21)9-10-19-16(22)23-17(2,3)4/h6-8,11,14H,5,9-10H2,1-4H3,(H,19,22)(H,20,21). The molecular weight excluding hydrogens is 316 g/mol. The predicted molar refractivity (Wildman–Crippen MR) is 91.5 cm³/mol. The Labute approximate surface area is 142 Å². The van der Waals surface area contributed by atoms with Crippen molar-refractivity contribution in [2.24, 2.45) is 0 Å². The molecule has 0 saturated heterocycles. The van der Waals surface area contributed by atoms with E-state index in [1.54, 1.807) is 26.8 Å². The molecule has 0 aromatic heterocycles. The molecule has 2 amide bonds. The highest BCUT2D eigenvalue weighted by molar-refractivity contribution is 6.30. The Morgan fingerprint density at radius 2 is 2.00 bits per heavy atom. The number of benzene rings is 1. The molecule has 0 radical (unpaired) electrons. The van der Waals surface area contributed by atoms with Crippen molar-refractivity contribution < 1.29 is 14.3 Å². The highest BCUT2D eigenvalue weighted by Crippen LogP contribution is 2.20. The van der Waals surface area contributed by atoms with Crippen LogP contribution in [0.2, 0.25) is 5.02 Å². The summed E-state index contributed by atoms with van der Waals surface area (Å²) in [5, 5.41) is 6.15.